The molecule has 1 aromatic carbocycles. The number of hydrogen-bond donors (Lipinski definition) is 0. The van der Waals surface area contributed by atoms with Crippen molar-refractivity contribution >= 4 is 34.8 Å². The molecule has 2 aliphatic rings. The molecule has 3 heterocycles. The molecule has 31 heavy (non-hydrogen) atoms. The Kier molecular flexibility index (Phi) is 6.41. The van der Waals surface area contributed by atoms with Crippen molar-refractivity contribution in [3.63, 3.8) is 0 Å². The van der Waals surface area contributed by atoms with Gasteiger partial charge in [-0.15, -0.1) is 11.3 Å². The van der Waals surface area contributed by atoms with Gasteiger partial charge in [-0.3, -0.25) is 14.4 Å². The molecule has 2 unspecified atom stereocenters. The van der Waals surface area contributed by atoms with Crippen molar-refractivity contribution in [1.82, 2.24) is 4.90 Å². The van der Waals surface area contributed by atoms with Crippen molar-refractivity contribution in [1.29, 1.82) is 0 Å². The minimum Gasteiger partial charge on any atom is -0.469 e. The lowest BCUT2D eigenvalue weighted by Gasteiger charge is -2.42. The normalized spacial score (nSPS) is 22.5. The molecule has 4 rings (SSSR count). The number of carbonyl (C=O) groups excluding carboxylic acids is 3. The predicted molar refractivity (Wildman–Crippen MR) is 120 cm³/mol. The molecule has 164 valence electrons. The van der Waals surface area contributed by atoms with Crippen LogP contribution in [0.25, 0.3) is 0 Å². The fraction of sp³-hybridized carbons (Fsp3) is 0.458. The van der Waals surface area contributed by atoms with E-state index < -0.39 is 0 Å². The van der Waals surface area contributed by atoms with Gasteiger partial charge in [0, 0.05) is 30.1 Å². The molecule has 2 aromatic rings. The number of likely N-dealkylation sites (tertiary alicyclic amines) is 1. The summed E-state index contributed by atoms with van der Waals surface area (Å²) in [4.78, 5) is 43.2. The molecule has 0 aliphatic carbocycles. The minimum absolute atomic E-state index is 0.0516. The van der Waals surface area contributed by atoms with Gasteiger partial charge in [0.15, 0.2) is 0 Å². The van der Waals surface area contributed by atoms with Crippen LogP contribution in [0.2, 0.25) is 0 Å². The second kappa shape index (κ2) is 9.22. The Morgan fingerprint density at radius 2 is 1.77 bits per heavy atom. The van der Waals surface area contributed by atoms with E-state index in [1.54, 1.807) is 11.3 Å². The highest BCUT2D eigenvalue weighted by molar-refractivity contribution is 7.10. The third kappa shape index (κ3) is 4.37. The van der Waals surface area contributed by atoms with Crippen LogP contribution in [0.3, 0.4) is 0 Å². The summed E-state index contributed by atoms with van der Waals surface area (Å²) in [5.74, 6) is -0.508. The molecule has 0 saturated carbocycles. The zero-order valence-corrected chi connectivity index (χ0v) is 18.8. The maximum atomic E-state index is 13.6. The number of nitrogens with zero attached hydrogens (tertiary/aromatic N) is 2. The van der Waals surface area contributed by atoms with Gasteiger partial charge in [-0.1, -0.05) is 23.8 Å². The van der Waals surface area contributed by atoms with Crippen molar-refractivity contribution < 1.29 is 19.1 Å². The Balaban J connectivity index is 1.60. The summed E-state index contributed by atoms with van der Waals surface area (Å²) in [6.45, 7) is 3.11. The molecule has 0 N–H and O–H groups in total. The first-order valence-corrected chi connectivity index (χ1v) is 11.7. The number of anilines is 1. The molecule has 1 aromatic heterocycles. The van der Waals surface area contributed by atoms with Crippen molar-refractivity contribution in [2.45, 2.75) is 38.6 Å². The molecule has 2 aliphatic heterocycles. The molecular weight excluding hydrogens is 412 g/mol. The fourth-order valence-corrected chi connectivity index (χ4v) is 5.56. The van der Waals surface area contributed by atoms with Gasteiger partial charge in [-0.25, -0.2) is 0 Å². The van der Waals surface area contributed by atoms with Crippen LogP contribution in [0.1, 0.15) is 42.2 Å². The summed E-state index contributed by atoms with van der Waals surface area (Å²) in [6.07, 6.45) is 2.13. The zero-order chi connectivity index (χ0) is 22.0. The Bertz CT molecular complexity index is 933. The van der Waals surface area contributed by atoms with Gasteiger partial charge in [0.2, 0.25) is 11.8 Å². The van der Waals surface area contributed by atoms with Gasteiger partial charge in [0.05, 0.1) is 25.0 Å². The molecule has 2 saturated heterocycles. The number of rotatable bonds is 4. The van der Waals surface area contributed by atoms with Crippen LogP contribution in [0.15, 0.2) is 41.8 Å². The van der Waals surface area contributed by atoms with Gasteiger partial charge in [0.25, 0.3) is 0 Å². The first kappa shape index (κ1) is 21.6. The Morgan fingerprint density at radius 1 is 1.06 bits per heavy atom. The Labute approximate surface area is 186 Å². The minimum atomic E-state index is -0.310. The van der Waals surface area contributed by atoms with E-state index in [1.807, 2.05) is 58.5 Å². The van der Waals surface area contributed by atoms with Crippen LogP contribution in [0, 0.1) is 18.8 Å². The fourth-order valence-electron chi connectivity index (χ4n) is 4.68. The molecular formula is C24H28N2O4S. The molecule has 0 spiro atoms. The van der Waals surface area contributed by atoms with Crippen LogP contribution in [0.4, 0.5) is 5.69 Å². The highest BCUT2D eigenvalue weighted by Gasteiger charge is 2.44. The third-order valence-corrected chi connectivity index (χ3v) is 7.35. The average molecular weight is 441 g/mol. The number of esters is 1. The number of amides is 2. The smallest absolute Gasteiger partial charge is 0.308 e. The lowest BCUT2D eigenvalue weighted by atomic mass is 9.85. The second-order valence-electron chi connectivity index (χ2n) is 8.33. The molecule has 7 heteroatoms. The molecule has 0 bridgehead atoms. The van der Waals surface area contributed by atoms with Crippen molar-refractivity contribution in [2.75, 3.05) is 25.1 Å². The van der Waals surface area contributed by atoms with Crippen LogP contribution >= 0.6 is 11.3 Å². The number of hydrogen-bond acceptors (Lipinski definition) is 5. The summed E-state index contributed by atoms with van der Waals surface area (Å²) in [7, 11) is 1.41. The maximum absolute atomic E-state index is 13.6. The van der Waals surface area contributed by atoms with Crippen LogP contribution in [-0.4, -0.2) is 42.9 Å². The number of benzene rings is 1. The number of ether oxygens (including phenoxy) is 1. The van der Waals surface area contributed by atoms with E-state index in [1.165, 1.54) is 7.11 Å². The zero-order valence-electron chi connectivity index (χ0n) is 18.0. The summed E-state index contributed by atoms with van der Waals surface area (Å²) >= 11 is 1.58. The summed E-state index contributed by atoms with van der Waals surface area (Å²) < 4.78 is 4.87. The number of thiophene rings is 1. The number of aryl methyl sites for hydroxylation is 1. The van der Waals surface area contributed by atoms with Crippen molar-refractivity contribution in [3.05, 3.63) is 52.2 Å². The number of methoxy groups -OCH3 is 1. The van der Waals surface area contributed by atoms with Crippen LogP contribution < -0.4 is 4.90 Å². The molecule has 2 fully saturated rings. The summed E-state index contributed by atoms with van der Waals surface area (Å²) in [5, 5.41) is 1.99. The quantitative estimate of drug-likeness (QED) is 0.675. The van der Waals surface area contributed by atoms with Crippen molar-refractivity contribution in [3.8, 4) is 0 Å². The number of piperidine rings is 2. The van der Waals surface area contributed by atoms with Gasteiger partial charge in [-0.2, -0.15) is 0 Å². The first-order chi connectivity index (χ1) is 15.0. The average Bonchev–Trinajstić information content (AvgIpc) is 3.33. The Hall–Kier alpha value is -2.67. The van der Waals surface area contributed by atoms with Crippen LogP contribution in [-0.2, 0) is 19.1 Å². The molecule has 0 radical (unpaired) electrons. The largest absolute Gasteiger partial charge is 0.469 e. The maximum Gasteiger partial charge on any atom is 0.308 e. The Morgan fingerprint density at radius 3 is 2.39 bits per heavy atom. The topological polar surface area (TPSA) is 66.9 Å². The van der Waals surface area contributed by atoms with E-state index in [4.69, 9.17) is 4.74 Å². The van der Waals surface area contributed by atoms with E-state index in [2.05, 4.69) is 0 Å². The van der Waals surface area contributed by atoms with E-state index in [9.17, 15) is 14.4 Å². The summed E-state index contributed by atoms with van der Waals surface area (Å²) in [5.41, 5.74) is 1.96. The van der Waals surface area contributed by atoms with E-state index in [0.29, 0.717) is 38.8 Å². The number of carbonyl (C=O) groups is 3. The second-order valence-corrected chi connectivity index (χ2v) is 9.31. The highest BCUT2D eigenvalue weighted by Crippen LogP contribution is 2.42. The molecule has 2 atom stereocenters. The van der Waals surface area contributed by atoms with E-state index >= 15 is 0 Å². The van der Waals surface area contributed by atoms with Gasteiger partial charge in [-0.05, 0) is 49.8 Å². The standard InChI is InChI=1S/C24H28N2O4S/c1-16-5-7-18(8-6-16)26-21(27)10-9-19(22(26)20-4-3-15-31-20)23(28)25-13-11-17(12-14-25)24(29)30-2/h3-8,15,17,19,22H,9-14H2,1-2H3. The van der Waals surface area contributed by atoms with Gasteiger partial charge < -0.3 is 14.5 Å². The molecule has 6 nitrogen and oxygen atoms in total. The van der Waals surface area contributed by atoms with E-state index in [-0.39, 0.29) is 35.7 Å². The third-order valence-electron chi connectivity index (χ3n) is 6.40. The highest BCUT2D eigenvalue weighted by atomic mass is 32.1. The monoisotopic (exact) mass is 440 g/mol. The SMILES string of the molecule is COC(=O)C1CCN(C(=O)C2CCC(=O)N(c3ccc(C)cc3)C2c2cccs2)CC1. The van der Waals surface area contributed by atoms with Crippen LogP contribution in [0.5, 0.6) is 0 Å². The van der Waals surface area contributed by atoms with Gasteiger partial charge >= 0.3 is 5.97 Å². The van der Waals surface area contributed by atoms with Crippen molar-refractivity contribution in [2.24, 2.45) is 11.8 Å². The predicted octanol–water partition coefficient (Wildman–Crippen LogP) is 3.95. The summed E-state index contributed by atoms with van der Waals surface area (Å²) in [6, 6.07) is 11.6. The lowest BCUT2D eigenvalue weighted by molar-refractivity contribution is -0.150. The molecule has 2 amide bonds. The van der Waals surface area contributed by atoms with Gasteiger partial charge in [0.1, 0.15) is 0 Å². The lowest BCUT2D eigenvalue weighted by Crippen LogP contribution is -2.51. The van der Waals surface area contributed by atoms with E-state index in [0.717, 1.165) is 16.1 Å². The first-order valence-electron chi connectivity index (χ1n) is 10.8.